The molecule has 1 N–H and O–H groups in total. The third-order valence-electron chi connectivity index (χ3n) is 4.27. The summed E-state index contributed by atoms with van der Waals surface area (Å²) in [6.45, 7) is -0.424. The van der Waals surface area contributed by atoms with Crippen molar-refractivity contribution in [3.8, 4) is 0 Å². The average molecular weight is 441 g/mol. The van der Waals surface area contributed by atoms with Crippen LogP contribution in [-0.4, -0.2) is 28.5 Å². The fraction of sp³-hybridized carbons (Fsp3) is 0.0476. The van der Waals surface area contributed by atoms with Crippen molar-refractivity contribution in [2.75, 3.05) is 11.9 Å². The Bertz CT molecular complexity index is 1280. The number of carbonyl (C=O) groups is 3. The van der Waals surface area contributed by atoms with E-state index in [0.717, 1.165) is 16.7 Å². The Hall–Kier alpha value is -3.36. The zero-order valence-corrected chi connectivity index (χ0v) is 16.8. The van der Waals surface area contributed by atoms with Crippen molar-refractivity contribution in [2.45, 2.75) is 0 Å². The lowest BCUT2D eigenvalue weighted by Crippen LogP contribution is -2.36. The van der Waals surface area contributed by atoms with Gasteiger partial charge in [0.1, 0.15) is 12.1 Å². The van der Waals surface area contributed by atoms with Gasteiger partial charge in [0.2, 0.25) is 5.91 Å². The first-order valence-corrected chi connectivity index (χ1v) is 9.94. The van der Waals surface area contributed by atoms with E-state index in [0.29, 0.717) is 27.2 Å². The number of halogens is 1. The number of hydrogen-bond donors (Lipinski definition) is 1. The highest BCUT2D eigenvalue weighted by molar-refractivity contribution is 8.18. The number of carbonyl (C=O) groups excluding carboxylic acids is 3. The number of benzene rings is 2. The van der Waals surface area contributed by atoms with Crippen molar-refractivity contribution in [3.63, 3.8) is 0 Å². The van der Waals surface area contributed by atoms with Crippen molar-refractivity contribution < 1.29 is 18.8 Å². The molecular formula is C21H13ClN2O5S. The maximum absolute atomic E-state index is 12.6. The Labute approximate surface area is 179 Å². The third kappa shape index (κ3) is 4.14. The SMILES string of the molecule is O=C(CN1C(=O)S/C(=C\c2ccccc2Cl)C1=O)Nc1ccc2oc(=O)ccc2c1. The Balaban J connectivity index is 1.47. The fourth-order valence-corrected chi connectivity index (χ4v) is 3.88. The molecular weight excluding hydrogens is 428 g/mol. The molecule has 3 aromatic rings. The van der Waals surface area contributed by atoms with Crippen LogP contribution < -0.4 is 10.9 Å². The van der Waals surface area contributed by atoms with Crippen LogP contribution >= 0.6 is 23.4 Å². The zero-order chi connectivity index (χ0) is 21.3. The molecule has 1 aromatic heterocycles. The largest absolute Gasteiger partial charge is 0.423 e. The zero-order valence-electron chi connectivity index (χ0n) is 15.3. The van der Waals surface area contributed by atoms with Crippen LogP contribution in [0.2, 0.25) is 5.02 Å². The fourth-order valence-electron chi connectivity index (χ4n) is 2.86. The van der Waals surface area contributed by atoms with Gasteiger partial charge in [0.25, 0.3) is 11.1 Å². The predicted octanol–water partition coefficient (Wildman–Crippen LogP) is 4.12. The summed E-state index contributed by atoms with van der Waals surface area (Å²) in [7, 11) is 0. The number of hydrogen-bond acceptors (Lipinski definition) is 6. The minimum Gasteiger partial charge on any atom is -0.423 e. The second kappa shape index (κ2) is 8.17. The Kier molecular flexibility index (Phi) is 5.43. The number of nitrogens with zero attached hydrogens (tertiary/aromatic N) is 1. The number of fused-ring (bicyclic) bond motifs is 1. The van der Waals surface area contributed by atoms with Crippen LogP contribution in [0.5, 0.6) is 0 Å². The first kappa shape index (κ1) is 19.9. The lowest BCUT2D eigenvalue weighted by molar-refractivity contribution is -0.127. The highest BCUT2D eigenvalue weighted by Crippen LogP contribution is 2.33. The van der Waals surface area contributed by atoms with E-state index in [1.54, 1.807) is 48.5 Å². The molecule has 0 atom stereocenters. The van der Waals surface area contributed by atoms with Gasteiger partial charge in [-0.2, -0.15) is 0 Å². The van der Waals surface area contributed by atoms with Gasteiger partial charge < -0.3 is 9.73 Å². The summed E-state index contributed by atoms with van der Waals surface area (Å²) in [4.78, 5) is 49.5. The third-order valence-corrected chi connectivity index (χ3v) is 5.52. The number of imide groups is 1. The molecule has 3 amide bonds. The van der Waals surface area contributed by atoms with E-state index in [-0.39, 0.29) is 4.91 Å². The van der Waals surface area contributed by atoms with Crippen LogP contribution in [0.3, 0.4) is 0 Å². The van der Waals surface area contributed by atoms with Gasteiger partial charge in [0.15, 0.2) is 0 Å². The van der Waals surface area contributed by atoms with Gasteiger partial charge in [-0.05, 0) is 53.7 Å². The molecule has 0 radical (unpaired) electrons. The van der Waals surface area contributed by atoms with Crippen LogP contribution in [0, 0.1) is 0 Å². The number of nitrogens with one attached hydrogen (secondary N) is 1. The van der Waals surface area contributed by atoms with Crippen molar-refractivity contribution in [1.29, 1.82) is 0 Å². The van der Waals surface area contributed by atoms with E-state index in [1.807, 2.05) is 0 Å². The molecule has 2 heterocycles. The molecule has 9 heteroatoms. The summed E-state index contributed by atoms with van der Waals surface area (Å²) >= 11 is 6.85. The van der Waals surface area contributed by atoms with Gasteiger partial charge in [-0.25, -0.2) is 4.79 Å². The van der Waals surface area contributed by atoms with Crippen molar-refractivity contribution in [1.82, 2.24) is 4.90 Å². The molecule has 0 unspecified atom stereocenters. The summed E-state index contributed by atoms with van der Waals surface area (Å²) in [5, 5.41) is 3.18. The molecule has 150 valence electrons. The van der Waals surface area contributed by atoms with E-state index in [4.69, 9.17) is 16.0 Å². The van der Waals surface area contributed by atoms with Crippen LogP contribution in [0.4, 0.5) is 10.5 Å². The topological polar surface area (TPSA) is 96.7 Å². The second-order valence-electron chi connectivity index (χ2n) is 6.34. The van der Waals surface area contributed by atoms with Crippen molar-refractivity contribution in [3.05, 3.63) is 80.5 Å². The van der Waals surface area contributed by atoms with Crippen molar-refractivity contribution >= 4 is 63.1 Å². The van der Waals surface area contributed by atoms with Gasteiger partial charge in [-0.3, -0.25) is 19.3 Å². The molecule has 0 bridgehead atoms. The molecule has 1 aliphatic rings. The first-order chi connectivity index (χ1) is 14.4. The Morgan fingerprint density at radius 1 is 1.10 bits per heavy atom. The maximum atomic E-state index is 12.6. The Morgan fingerprint density at radius 3 is 2.70 bits per heavy atom. The average Bonchev–Trinajstić information content (AvgIpc) is 2.97. The summed E-state index contributed by atoms with van der Waals surface area (Å²) < 4.78 is 5.04. The summed E-state index contributed by atoms with van der Waals surface area (Å²) in [5.74, 6) is -1.09. The summed E-state index contributed by atoms with van der Waals surface area (Å²) in [5.41, 5.74) is 0.969. The molecule has 1 aliphatic heterocycles. The monoisotopic (exact) mass is 440 g/mol. The van der Waals surface area contributed by atoms with E-state index in [2.05, 4.69) is 5.32 Å². The molecule has 30 heavy (non-hydrogen) atoms. The second-order valence-corrected chi connectivity index (χ2v) is 7.74. The lowest BCUT2D eigenvalue weighted by Gasteiger charge is -2.12. The number of thioether (sulfide) groups is 1. The van der Waals surface area contributed by atoms with Gasteiger partial charge in [0.05, 0.1) is 4.91 Å². The van der Waals surface area contributed by atoms with Crippen LogP contribution in [0.1, 0.15) is 5.56 Å². The number of anilines is 1. The first-order valence-electron chi connectivity index (χ1n) is 8.74. The number of amides is 3. The lowest BCUT2D eigenvalue weighted by atomic mass is 10.2. The minimum atomic E-state index is -0.555. The van der Waals surface area contributed by atoms with E-state index >= 15 is 0 Å². The van der Waals surface area contributed by atoms with E-state index < -0.39 is 29.2 Å². The molecule has 2 aromatic carbocycles. The molecule has 0 spiro atoms. The van der Waals surface area contributed by atoms with E-state index in [9.17, 15) is 19.2 Å². The van der Waals surface area contributed by atoms with Crippen LogP contribution in [-0.2, 0) is 9.59 Å². The molecule has 4 rings (SSSR count). The van der Waals surface area contributed by atoms with Crippen molar-refractivity contribution in [2.24, 2.45) is 0 Å². The number of rotatable bonds is 4. The van der Waals surface area contributed by atoms with Gasteiger partial charge in [-0.1, -0.05) is 29.8 Å². The highest BCUT2D eigenvalue weighted by Gasteiger charge is 2.36. The van der Waals surface area contributed by atoms with Gasteiger partial charge in [0, 0.05) is 22.2 Å². The standard InChI is InChI=1S/C21H13ClN2O5S/c22-15-4-2-1-3-12(15)10-17-20(27)24(21(28)30-17)11-18(25)23-14-6-7-16-13(9-14)5-8-19(26)29-16/h1-10H,11H2,(H,23,25)/b17-10-. The maximum Gasteiger partial charge on any atom is 0.336 e. The normalized spacial score (nSPS) is 15.2. The molecule has 1 fully saturated rings. The van der Waals surface area contributed by atoms with Crippen LogP contribution in [0.15, 0.2) is 68.7 Å². The minimum absolute atomic E-state index is 0.196. The Morgan fingerprint density at radius 2 is 1.90 bits per heavy atom. The molecule has 0 saturated carbocycles. The molecule has 7 nitrogen and oxygen atoms in total. The predicted molar refractivity (Wildman–Crippen MR) is 115 cm³/mol. The molecule has 1 saturated heterocycles. The van der Waals surface area contributed by atoms with Gasteiger partial charge >= 0.3 is 5.63 Å². The highest BCUT2D eigenvalue weighted by atomic mass is 35.5. The van der Waals surface area contributed by atoms with Gasteiger partial charge in [-0.15, -0.1) is 0 Å². The van der Waals surface area contributed by atoms with Crippen LogP contribution in [0.25, 0.3) is 17.0 Å². The van der Waals surface area contributed by atoms with E-state index in [1.165, 1.54) is 12.1 Å². The smallest absolute Gasteiger partial charge is 0.336 e. The molecule has 0 aliphatic carbocycles. The quantitative estimate of drug-likeness (QED) is 0.484. The summed E-state index contributed by atoms with van der Waals surface area (Å²) in [6, 6.07) is 14.5. The summed E-state index contributed by atoms with van der Waals surface area (Å²) in [6.07, 6.45) is 1.53.